The highest BCUT2D eigenvalue weighted by atomic mass is 19.1. The van der Waals surface area contributed by atoms with Crippen molar-refractivity contribution in [1.29, 1.82) is 0 Å². The van der Waals surface area contributed by atoms with Crippen LogP contribution >= 0.6 is 0 Å². The quantitative estimate of drug-likeness (QED) is 0.682. The zero-order chi connectivity index (χ0) is 13.7. The first-order valence-electron chi connectivity index (χ1n) is 5.45. The average Bonchev–Trinajstić information content (AvgIpc) is 2.32. The molecule has 0 aliphatic carbocycles. The van der Waals surface area contributed by atoms with Crippen LogP contribution in [0, 0.1) is 5.82 Å². The molecule has 2 unspecified atom stereocenters. The van der Waals surface area contributed by atoms with Crippen molar-refractivity contribution in [3.05, 3.63) is 29.6 Å². The van der Waals surface area contributed by atoms with Crippen LogP contribution in [-0.2, 0) is 9.53 Å². The van der Waals surface area contributed by atoms with Crippen molar-refractivity contribution >= 4 is 5.97 Å². The van der Waals surface area contributed by atoms with E-state index in [-0.39, 0.29) is 18.6 Å². The molecule has 0 aliphatic rings. The summed E-state index contributed by atoms with van der Waals surface area (Å²) < 4.78 is 17.4. The summed E-state index contributed by atoms with van der Waals surface area (Å²) >= 11 is 0. The number of aliphatic hydroxyl groups is 2. The second-order valence-corrected chi connectivity index (χ2v) is 3.73. The lowest BCUT2D eigenvalue weighted by molar-refractivity contribution is -0.147. The Bertz CT molecular complexity index is 421. The van der Waals surface area contributed by atoms with E-state index >= 15 is 0 Å². The SMILES string of the molecule is CCOC(=O)CC(O)C(O)c1ccc(F)c(O)c1. The number of ether oxygens (including phenoxy) is 1. The van der Waals surface area contributed by atoms with Crippen LogP contribution in [0.4, 0.5) is 4.39 Å². The lowest BCUT2D eigenvalue weighted by Gasteiger charge is -2.17. The van der Waals surface area contributed by atoms with E-state index in [4.69, 9.17) is 5.11 Å². The number of halogens is 1. The Morgan fingerprint density at radius 2 is 2.11 bits per heavy atom. The van der Waals surface area contributed by atoms with Crippen molar-refractivity contribution in [2.75, 3.05) is 6.61 Å². The Labute approximate surface area is 103 Å². The van der Waals surface area contributed by atoms with Gasteiger partial charge in [0.25, 0.3) is 0 Å². The third-order valence-corrected chi connectivity index (χ3v) is 2.36. The first-order valence-corrected chi connectivity index (χ1v) is 5.45. The molecule has 0 aliphatic heterocycles. The van der Waals surface area contributed by atoms with Gasteiger partial charge in [0.2, 0.25) is 0 Å². The maximum atomic E-state index is 12.8. The number of aromatic hydroxyl groups is 1. The Hall–Kier alpha value is -1.66. The summed E-state index contributed by atoms with van der Waals surface area (Å²) in [5.74, 6) is -2.10. The van der Waals surface area contributed by atoms with Crippen LogP contribution in [0.15, 0.2) is 18.2 Å². The maximum Gasteiger partial charge on any atom is 0.308 e. The van der Waals surface area contributed by atoms with Gasteiger partial charge in [-0.1, -0.05) is 6.07 Å². The summed E-state index contributed by atoms with van der Waals surface area (Å²) in [5.41, 5.74) is 0.116. The zero-order valence-corrected chi connectivity index (χ0v) is 9.84. The monoisotopic (exact) mass is 258 g/mol. The molecule has 2 atom stereocenters. The number of carbonyl (C=O) groups is 1. The number of carbonyl (C=O) groups excluding carboxylic acids is 1. The van der Waals surface area contributed by atoms with E-state index in [0.29, 0.717) is 0 Å². The van der Waals surface area contributed by atoms with Crippen molar-refractivity contribution < 1.29 is 29.2 Å². The van der Waals surface area contributed by atoms with E-state index in [1.165, 1.54) is 6.07 Å². The molecule has 5 nitrogen and oxygen atoms in total. The van der Waals surface area contributed by atoms with Gasteiger partial charge in [0.1, 0.15) is 6.10 Å². The number of aliphatic hydroxyl groups excluding tert-OH is 2. The van der Waals surface area contributed by atoms with Crippen molar-refractivity contribution in [2.45, 2.75) is 25.6 Å². The van der Waals surface area contributed by atoms with Gasteiger partial charge < -0.3 is 20.1 Å². The average molecular weight is 258 g/mol. The largest absolute Gasteiger partial charge is 0.505 e. The van der Waals surface area contributed by atoms with Crippen LogP contribution in [0.5, 0.6) is 5.75 Å². The summed E-state index contributed by atoms with van der Waals surface area (Å²) in [5, 5.41) is 28.5. The van der Waals surface area contributed by atoms with E-state index in [0.717, 1.165) is 12.1 Å². The molecular weight excluding hydrogens is 243 g/mol. The standard InChI is InChI=1S/C12H15FO5/c1-2-18-11(16)6-10(15)12(17)7-3-4-8(13)9(14)5-7/h3-5,10,12,14-15,17H,2,6H2,1H3. The maximum absolute atomic E-state index is 12.8. The fourth-order valence-electron chi connectivity index (χ4n) is 1.44. The van der Waals surface area contributed by atoms with Gasteiger partial charge in [0.15, 0.2) is 11.6 Å². The third-order valence-electron chi connectivity index (χ3n) is 2.36. The second kappa shape index (κ2) is 6.32. The number of phenolic OH excluding ortho intramolecular Hbond substituents is 1. The number of benzene rings is 1. The zero-order valence-electron chi connectivity index (χ0n) is 9.84. The van der Waals surface area contributed by atoms with Gasteiger partial charge in [-0.05, 0) is 24.6 Å². The van der Waals surface area contributed by atoms with Crippen molar-refractivity contribution in [1.82, 2.24) is 0 Å². The topological polar surface area (TPSA) is 87.0 Å². The molecule has 0 radical (unpaired) electrons. The van der Waals surface area contributed by atoms with Gasteiger partial charge in [0.05, 0.1) is 19.1 Å². The second-order valence-electron chi connectivity index (χ2n) is 3.73. The summed E-state index contributed by atoms with van der Waals surface area (Å²) in [7, 11) is 0. The predicted molar refractivity (Wildman–Crippen MR) is 60.3 cm³/mol. The fraction of sp³-hybridized carbons (Fsp3) is 0.417. The van der Waals surface area contributed by atoms with E-state index in [2.05, 4.69) is 4.74 Å². The molecule has 100 valence electrons. The van der Waals surface area contributed by atoms with E-state index in [9.17, 15) is 19.4 Å². The number of hydrogen-bond acceptors (Lipinski definition) is 5. The first-order chi connectivity index (χ1) is 8.45. The molecular formula is C12H15FO5. The smallest absolute Gasteiger partial charge is 0.308 e. The summed E-state index contributed by atoms with van der Waals surface area (Å²) in [6, 6.07) is 3.17. The number of hydrogen-bond donors (Lipinski definition) is 3. The van der Waals surface area contributed by atoms with Crippen molar-refractivity contribution in [2.24, 2.45) is 0 Å². The fourth-order valence-corrected chi connectivity index (χ4v) is 1.44. The molecule has 0 heterocycles. The minimum atomic E-state index is -1.40. The minimum absolute atomic E-state index is 0.116. The molecule has 0 amide bonds. The van der Waals surface area contributed by atoms with E-state index in [1.807, 2.05) is 0 Å². The molecule has 0 fully saturated rings. The molecule has 3 N–H and O–H groups in total. The Morgan fingerprint density at radius 1 is 1.44 bits per heavy atom. The van der Waals surface area contributed by atoms with E-state index < -0.39 is 29.7 Å². The van der Waals surface area contributed by atoms with Crippen LogP contribution in [0.1, 0.15) is 25.0 Å². The van der Waals surface area contributed by atoms with Gasteiger partial charge in [-0.3, -0.25) is 4.79 Å². The Kier molecular flexibility index (Phi) is 5.06. The van der Waals surface area contributed by atoms with Gasteiger partial charge in [-0.2, -0.15) is 0 Å². The van der Waals surface area contributed by atoms with E-state index in [1.54, 1.807) is 6.92 Å². The van der Waals surface area contributed by atoms with Gasteiger partial charge in [-0.15, -0.1) is 0 Å². The molecule has 0 saturated carbocycles. The number of rotatable bonds is 5. The lowest BCUT2D eigenvalue weighted by atomic mass is 10.0. The highest BCUT2D eigenvalue weighted by Gasteiger charge is 2.22. The van der Waals surface area contributed by atoms with Crippen molar-refractivity contribution in [3.8, 4) is 5.75 Å². The Morgan fingerprint density at radius 3 is 2.67 bits per heavy atom. The Balaban J connectivity index is 2.70. The van der Waals surface area contributed by atoms with Gasteiger partial charge in [0, 0.05) is 0 Å². The highest BCUT2D eigenvalue weighted by Crippen LogP contribution is 2.24. The van der Waals surface area contributed by atoms with Crippen molar-refractivity contribution in [3.63, 3.8) is 0 Å². The molecule has 1 aromatic rings. The van der Waals surface area contributed by atoms with Gasteiger partial charge in [-0.25, -0.2) is 4.39 Å². The molecule has 0 bridgehead atoms. The summed E-state index contributed by atoms with van der Waals surface area (Å²) in [4.78, 5) is 11.1. The summed E-state index contributed by atoms with van der Waals surface area (Å²) in [6.45, 7) is 1.80. The van der Waals surface area contributed by atoms with Crippen LogP contribution in [-0.4, -0.2) is 34.0 Å². The molecule has 1 aromatic carbocycles. The predicted octanol–water partition coefficient (Wildman–Crippen LogP) is 0.879. The number of esters is 1. The molecule has 0 spiro atoms. The molecule has 0 aromatic heterocycles. The van der Waals surface area contributed by atoms with Crippen LogP contribution in [0.3, 0.4) is 0 Å². The third kappa shape index (κ3) is 3.68. The molecule has 18 heavy (non-hydrogen) atoms. The minimum Gasteiger partial charge on any atom is -0.505 e. The molecule has 0 saturated heterocycles. The summed E-state index contributed by atoms with van der Waals surface area (Å²) in [6.07, 6.45) is -3.16. The normalized spacial score (nSPS) is 14.0. The molecule has 1 rings (SSSR count). The highest BCUT2D eigenvalue weighted by molar-refractivity contribution is 5.70. The van der Waals surface area contributed by atoms with Crippen LogP contribution < -0.4 is 0 Å². The van der Waals surface area contributed by atoms with Gasteiger partial charge >= 0.3 is 5.97 Å². The number of phenols is 1. The first kappa shape index (κ1) is 14.4. The van der Waals surface area contributed by atoms with Crippen LogP contribution in [0.2, 0.25) is 0 Å². The molecule has 6 heteroatoms. The lowest BCUT2D eigenvalue weighted by Crippen LogP contribution is -2.23. The van der Waals surface area contributed by atoms with Crippen LogP contribution in [0.25, 0.3) is 0 Å².